The van der Waals surface area contributed by atoms with Gasteiger partial charge in [-0.1, -0.05) is 51.4 Å². The predicted octanol–water partition coefficient (Wildman–Crippen LogP) is 1.75. The Bertz CT molecular complexity index is 184. The van der Waals surface area contributed by atoms with E-state index in [4.69, 9.17) is 0 Å². The topological polar surface area (TPSA) is 80.9 Å². The highest BCUT2D eigenvalue weighted by Gasteiger charge is 2.31. The normalized spacial score (nSPS) is 29.0. The van der Waals surface area contributed by atoms with E-state index in [0.717, 1.165) is 25.7 Å². The van der Waals surface area contributed by atoms with Gasteiger partial charge >= 0.3 is 0 Å². The fourth-order valence-electron chi connectivity index (χ4n) is 2.99. The maximum Gasteiger partial charge on any atom is 0.154 e. The van der Waals surface area contributed by atoms with E-state index in [1.807, 2.05) is 0 Å². The zero-order chi connectivity index (χ0) is 13.4. The van der Waals surface area contributed by atoms with Crippen molar-refractivity contribution >= 4 is 0 Å². The molecule has 4 heteroatoms. The standard InChI is InChI=1S/C14H28O4/c15-13(16)11-9-7-5-3-1-2-4-6-8-10-12(11)14(17)18/h11-18H,1-10H2. The average Bonchev–Trinajstić information content (AvgIpc) is 2.28. The summed E-state index contributed by atoms with van der Waals surface area (Å²) < 4.78 is 0. The highest BCUT2D eigenvalue weighted by Crippen LogP contribution is 2.30. The van der Waals surface area contributed by atoms with Gasteiger partial charge in [-0.15, -0.1) is 0 Å². The van der Waals surface area contributed by atoms with Gasteiger partial charge in [-0.05, 0) is 12.8 Å². The van der Waals surface area contributed by atoms with Gasteiger partial charge in [0.1, 0.15) is 0 Å². The average molecular weight is 260 g/mol. The Morgan fingerprint density at radius 1 is 0.500 bits per heavy atom. The Morgan fingerprint density at radius 3 is 1.06 bits per heavy atom. The summed E-state index contributed by atoms with van der Waals surface area (Å²) in [6, 6.07) is 0. The van der Waals surface area contributed by atoms with Crippen LogP contribution in [0.2, 0.25) is 0 Å². The van der Waals surface area contributed by atoms with Gasteiger partial charge in [0.15, 0.2) is 12.6 Å². The van der Waals surface area contributed by atoms with E-state index >= 15 is 0 Å². The maximum atomic E-state index is 9.43. The first-order valence-electron chi connectivity index (χ1n) is 7.35. The summed E-state index contributed by atoms with van der Waals surface area (Å²) in [6.45, 7) is 0. The largest absolute Gasteiger partial charge is 0.368 e. The van der Waals surface area contributed by atoms with E-state index in [0.29, 0.717) is 12.8 Å². The van der Waals surface area contributed by atoms with Crippen LogP contribution in [0.1, 0.15) is 64.2 Å². The lowest BCUT2D eigenvalue weighted by Crippen LogP contribution is -2.35. The van der Waals surface area contributed by atoms with Crippen molar-refractivity contribution in [3.63, 3.8) is 0 Å². The minimum atomic E-state index is -1.44. The molecule has 1 rings (SSSR count). The molecule has 0 spiro atoms. The van der Waals surface area contributed by atoms with Crippen molar-refractivity contribution in [2.45, 2.75) is 76.8 Å². The Labute approximate surface area is 110 Å². The van der Waals surface area contributed by atoms with Crippen LogP contribution in [-0.2, 0) is 0 Å². The molecule has 0 amide bonds. The molecule has 0 heterocycles. The third-order valence-corrected chi connectivity index (χ3v) is 4.14. The smallest absolute Gasteiger partial charge is 0.154 e. The van der Waals surface area contributed by atoms with E-state index in [1.165, 1.54) is 25.7 Å². The lowest BCUT2D eigenvalue weighted by molar-refractivity contribution is -0.164. The van der Waals surface area contributed by atoms with Crippen molar-refractivity contribution in [1.82, 2.24) is 0 Å². The molecular weight excluding hydrogens is 232 g/mol. The summed E-state index contributed by atoms with van der Waals surface area (Å²) in [4.78, 5) is 0. The summed E-state index contributed by atoms with van der Waals surface area (Å²) in [5.41, 5.74) is 0. The summed E-state index contributed by atoms with van der Waals surface area (Å²) in [5, 5.41) is 37.7. The van der Waals surface area contributed by atoms with Crippen LogP contribution in [0, 0.1) is 11.8 Å². The van der Waals surface area contributed by atoms with Crippen LogP contribution in [0.15, 0.2) is 0 Å². The second-order valence-corrected chi connectivity index (χ2v) is 5.56. The number of hydrogen-bond acceptors (Lipinski definition) is 4. The van der Waals surface area contributed by atoms with Crippen LogP contribution >= 0.6 is 0 Å². The van der Waals surface area contributed by atoms with Crippen molar-refractivity contribution in [2.75, 3.05) is 0 Å². The molecule has 2 unspecified atom stereocenters. The molecule has 2 atom stereocenters. The van der Waals surface area contributed by atoms with E-state index in [1.54, 1.807) is 0 Å². The number of rotatable bonds is 2. The lowest BCUT2D eigenvalue weighted by atomic mass is 9.82. The predicted molar refractivity (Wildman–Crippen MR) is 69.6 cm³/mol. The van der Waals surface area contributed by atoms with Crippen LogP contribution in [0.4, 0.5) is 0 Å². The highest BCUT2D eigenvalue weighted by atomic mass is 16.5. The van der Waals surface area contributed by atoms with Crippen molar-refractivity contribution in [3.05, 3.63) is 0 Å². The van der Waals surface area contributed by atoms with Crippen molar-refractivity contribution < 1.29 is 20.4 Å². The molecule has 4 N–H and O–H groups in total. The SMILES string of the molecule is OC(O)C1CCCCCCCCCCC1C(O)O. The molecule has 0 aromatic heterocycles. The van der Waals surface area contributed by atoms with Gasteiger partial charge in [0.05, 0.1) is 0 Å². The van der Waals surface area contributed by atoms with Crippen molar-refractivity contribution in [1.29, 1.82) is 0 Å². The van der Waals surface area contributed by atoms with Gasteiger partial charge in [-0.25, -0.2) is 0 Å². The van der Waals surface area contributed by atoms with Gasteiger partial charge < -0.3 is 20.4 Å². The number of aliphatic hydroxyl groups is 4. The van der Waals surface area contributed by atoms with Crippen LogP contribution in [0.5, 0.6) is 0 Å². The Kier molecular flexibility index (Phi) is 7.82. The van der Waals surface area contributed by atoms with Crippen molar-refractivity contribution in [3.8, 4) is 0 Å². The zero-order valence-corrected chi connectivity index (χ0v) is 11.2. The fraction of sp³-hybridized carbons (Fsp3) is 1.00. The second kappa shape index (κ2) is 8.86. The van der Waals surface area contributed by atoms with Gasteiger partial charge in [-0.3, -0.25) is 0 Å². The maximum absolute atomic E-state index is 9.43. The van der Waals surface area contributed by atoms with E-state index < -0.39 is 24.4 Å². The van der Waals surface area contributed by atoms with Gasteiger partial charge in [-0.2, -0.15) is 0 Å². The number of hydrogen-bond donors (Lipinski definition) is 4. The Hall–Kier alpha value is -0.160. The summed E-state index contributed by atoms with van der Waals surface area (Å²) >= 11 is 0. The third-order valence-electron chi connectivity index (χ3n) is 4.14. The van der Waals surface area contributed by atoms with Crippen LogP contribution in [0.3, 0.4) is 0 Å². The van der Waals surface area contributed by atoms with Crippen molar-refractivity contribution in [2.24, 2.45) is 11.8 Å². The van der Waals surface area contributed by atoms with E-state index in [9.17, 15) is 20.4 Å². The van der Waals surface area contributed by atoms with Gasteiger partial charge in [0.2, 0.25) is 0 Å². The van der Waals surface area contributed by atoms with Crippen LogP contribution in [-0.4, -0.2) is 33.0 Å². The molecule has 1 fully saturated rings. The summed E-state index contributed by atoms with van der Waals surface area (Å²) in [5.74, 6) is -0.825. The fourth-order valence-corrected chi connectivity index (χ4v) is 2.99. The van der Waals surface area contributed by atoms with Gasteiger partial charge in [0, 0.05) is 11.8 Å². The molecular formula is C14H28O4. The van der Waals surface area contributed by atoms with Crippen LogP contribution in [0.25, 0.3) is 0 Å². The number of aliphatic hydroxyl groups excluding tert-OH is 2. The molecule has 0 saturated heterocycles. The van der Waals surface area contributed by atoms with E-state index in [2.05, 4.69) is 0 Å². The molecule has 4 nitrogen and oxygen atoms in total. The first-order valence-corrected chi connectivity index (χ1v) is 7.35. The third kappa shape index (κ3) is 5.65. The molecule has 0 bridgehead atoms. The zero-order valence-electron chi connectivity index (χ0n) is 11.2. The molecule has 0 aromatic rings. The Balaban J connectivity index is 2.59. The second-order valence-electron chi connectivity index (χ2n) is 5.56. The first-order chi connectivity index (χ1) is 8.63. The monoisotopic (exact) mass is 260 g/mol. The highest BCUT2D eigenvalue weighted by molar-refractivity contribution is 4.74. The minimum Gasteiger partial charge on any atom is -0.368 e. The van der Waals surface area contributed by atoms with E-state index in [-0.39, 0.29) is 0 Å². The molecule has 0 aliphatic heterocycles. The van der Waals surface area contributed by atoms with Crippen LogP contribution < -0.4 is 0 Å². The molecule has 18 heavy (non-hydrogen) atoms. The Morgan fingerprint density at radius 2 is 0.778 bits per heavy atom. The molecule has 1 saturated carbocycles. The summed E-state index contributed by atoms with van der Waals surface area (Å²) in [6.07, 6.45) is 7.42. The van der Waals surface area contributed by atoms with Gasteiger partial charge in [0.25, 0.3) is 0 Å². The minimum absolute atomic E-state index is 0.413. The first kappa shape index (κ1) is 15.9. The molecule has 0 aromatic carbocycles. The molecule has 1 aliphatic carbocycles. The molecule has 0 radical (unpaired) electrons. The lowest BCUT2D eigenvalue weighted by Gasteiger charge is -2.30. The summed E-state index contributed by atoms with van der Waals surface area (Å²) in [7, 11) is 0. The molecule has 108 valence electrons. The quantitative estimate of drug-likeness (QED) is 0.570. The molecule has 1 aliphatic rings.